The highest BCUT2D eigenvalue weighted by molar-refractivity contribution is 6.18. The molecule has 0 aromatic carbocycles. The first-order valence-electron chi connectivity index (χ1n) is 7.68. The van der Waals surface area contributed by atoms with Gasteiger partial charge >= 0.3 is 11.9 Å². The van der Waals surface area contributed by atoms with Gasteiger partial charge in [-0.2, -0.15) is 0 Å². The largest absolute Gasteiger partial charge is 0.386 e. The van der Waals surface area contributed by atoms with E-state index in [1.807, 2.05) is 0 Å². The number of ketones is 2. The summed E-state index contributed by atoms with van der Waals surface area (Å²) in [6.45, 7) is 8.01. The molecule has 0 amide bonds. The number of carbonyl (C=O) groups excluding carboxylic acids is 4. The van der Waals surface area contributed by atoms with Gasteiger partial charge in [-0.25, -0.2) is 9.59 Å². The van der Waals surface area contributed by atoms with Crippen LogP contribution in [0.3, 0.4) is 0 Å². The number of allylic oxidation sites excluding steroid dienone is 9. The normalized spacial score (nSPS) is 19.0. The summed E-state index contributed by atoms with van der Waals surface area (Å²) in [5, 5.41) is 0. The smallest absolute Gasteiger partial charge is 0.346 e. The van der Waals surface area contributed by atoms with Crippen LogP contribution in [0.5, 0.6) is 0 Å². The number of hydrogen-bond donors (Lipinski definition) is 0. The number of ether oxygens (including phenoxy) is 1. The second-order valence-corrected chi connectivity index (χ2v) is 5.19. The van der Waals surface area contributed by atoms with Gasteiger partial charge in [-0.05, 0) is 33.3 Å². The minimum atomic E-state index is -0.716. The molecule has 5 heteroatoms. The van der Waals surface area contributed by atoms with E-state index in [0.29, 0.717) is 5.57 Å². The van der Waals surface area contributed by atoms with Crippen LogP contribution in [0.15, 0.2) is 71.4 Å². The molecule has 0 atom stereocenters. The van der Waals surface area contributed by atoms with E-state index in [1.165, 1.54) is 38.2 Å². The number of hydrogen-bond acceptors (Lipinski definition) is 5. The van der Waals surface area contributed by atoms with E-state index in [9.17, 15) is 19.2 Å². The Hall–Kier alpha value is -3.08. The van der Waals surface area contributed by atoms with Crippen LogP contribution in [0.2, 0.25) is 0 Å². The van der Waals surface area contributed by atoms with Crippen LogP contribution in [0.25, 0.3) is 0 Å². The summed E-state index contributed by atoms with van der Waals surface area (Å²) in [4.78, 5) is 46.7. The van der Waals surface area contributed by atoms with Gasteiger partial charge in [0, 0.05) is 11.1 Å². The first-order chi connectivity index (χ1) is 11.8. The minimum Gasteiger partial charge on any atom is -0.386 e. The summed E-state index contributed by atoms with van der Waals surface area (Å²) < 4.78 is 4.55. The van der Waals surface area contributed by atoms with Crippen molar-refractivity contribution in [2.45, 2.75) is 27.2 Å². The molecule has 0 radical (unpaired) electrons. The molecule has 0 saturated carbocycles. The summed E-state index contributed by atoms with van der Waals surface area (Å²) in [5.41, 5.74) is 0.912. The molecule has 130 valence electrons. The van der Waals surface area contributed by atoms with Gasteiger partial charge in [0.25, 0.3) is 0 Å². The van der Waals surface area contributed by atoms with Crippen molar-refractivity contribution in [3.8, 4) is 0 Å². The van der Waals surface area contributed by atoms with E-state index < -0.39 is 11.9 Å². The zero-order valence-electron chi connectivity index (χ0n) is 14.5. The maximum absolute atomic E-state index is 11.8. The molecular weight excluding hydrogens is 320 g/mol. The summed E-state index contributed by atoms with van der Waals surface area (Å²) >= 11 is 0. The molecule has 5 nitrogen and oxygen atoms in total. The van der Waals surface area contributed by atoms with Crippen molar-refractivity contribution >= 4 is 23.5 Å². The number of cyclic esters (lactones) is 2. The van der Waals surface area contributed by atoms with Gasteiger partial charge in [0.15, 0.2) is 11.6 Å². The molecule has 0 aromatic rings. The van der Waals surface area contributed by atoms with E-state index in [-0.39, 0.29) is 34.7 Å². The average molecular weight is 340 g/mol. The molecule has 0 aromatic heterocycles. The van der Waals surface area contributed by atoms with Crippen LogP contribution in [0, 0.1) is 0 Å². The number of Topliss-reactive ketones (excluding diaryl/α,β-unsaturated/α-hetero) is 2. The molecule has 0 unspecified atom stereocenters. The molecular formula is C20H20O5. The molecule has 1 aliphatic rings. The van der Waals surface area contributed by atoms with Crippen molar-refractivity contribution in [1.82, 2.24) is 0 Å². The van der Waals surface area contributed by atoms with Crippen molar-refractivity contribution < 1.29 is 23.9 Å². The second-order valence-electron chi connectivity index (χ2n) is 5.19. The third-order valence-corrected chi connectivity index (χ3v) is 3.32. The highest BCUT2D eigenvalue weighted by Crippen LogP contribution is 2.22. The van der Waals surface area contributed by atoms with E-state index in [4.69, 9.17) is 0 Å². The fraction of sp³-hybridized carbons (Fsp3) is 0.200. The van der Waals surface area contributed by atoms with E-state index in [2.05, 4.69) is 11.3 Å². The molecule has 25 heavy (non-hydrogen) atoms. The van der Waals surface area contributed by atoms with Crippen molar-refractivity contribution in [1.29, 1.82) is 0 Å². The summed E-state index contributed by atoms with van der Waals surface area (Å²) in [6.07, 6.45) is 11.0. The molecule has 1 fully saturated rings. The Bertz CT molecular complexity index is 770. The monoisotopic (exact) mass is 340 g/mol. The molecule has 1 saturated heterocycles. The van der Waals surface area contributed by atoms with Crippen LogP contribution < -0.4 is 0 Å². The van der Waals surface area contributed by atoms with Crippen LogP contribution in [-0.4, -0.2) is 23.5 Å². The van der Waals surface area contributed by atoms with Crippen molar-refractivity contribution in [3.63, 3.8) is 0 Å². The van der Waals surface area contributed by atoms with Crippen LogP contribution in [0.1, 0.15) is 27.2 Å². The Balaban J connectivity index is 3.10. The van der Waals surface area contributed by atoms with Gasteiger partial charge in [-0.15, -0.1) is 0 Å². The predicted octanol–water partition coefficient (Wildman–Crippen LogP) is 3.11. The minimum absolute atomic E-state index is 0.147. The molecule has 1 rings (SSSR count). The van der Waals surface area contributed by atoms with Crippen molar-refractivity contribution in [3.05, 3.63) is 71.4 Å². The third kappa shape index (κ3) is 5.21. The van der Waals surface area contributed by atoms with Crippen LogP contribution >= 0.6 is 0 Å². The number of rotatable bonds is 7. The van der Waals surface area contributed by atoms with Crippen LogP contribution in [0.4, 0.5) is 0 Å². The quantitative estimate of drug-likeness (QED) is 0.308. The summed E-state index contributed by atoms with van der Waals surface area (Å²) in [6, 6.07) is 0. The number of carbonyl (C=O) groups is 4. The van der Waals surface area contributed by atoms with E-state index in [0.717, 1.165) is 0 Å². The molecule has 0 N–H and O–H groups in total. The highest BCUT2D eigenvalue weighted by atomic mass is 16.6. The number of esters is 2. The maximum atomic E-state index is 11.8. The Morgan fingerprint density at radius 3 is 2.08 bits per heavy atom. The zero-order chi connectivity index (χ0) is 19.0. The van der Waals surface area contributed by atoms with Crippen LogP contribution in [-0.2, 0) is 23.9 Å². The lowest BCUT2D eigenvalue weighted by atomic mass is 10.00. The predicted molar refractivity (Wildman–Crippen MR) is 94.4 cm³/mol. The lowest BCUT2D eigenvalue weighted by Gasteiger charge is -2.02. The molecule has 0 aliphatic carbocycles. The van der Waals surface area contributed by atoms with Gasteiger partial charge in [0.05, 0.1) is 11.1 Å². The van der Waals surface area contributed by atoms with Gasteiger partial charge in [-0.3, -0.25) is 9.59 Å². The first-order valence-corrected chi connectivity index (χ1v) is 7.68. The van der Waals surface area contributed by atoms with Gasteiger partial charge in [-0.1, -0.05) is 43.0 Å². The van der Waals surface area contributed by atoms with Crippen molar-refractivity contribution in [2.24, 2.45) is 0 Å². The summed E-state index contributed by atoms with van der Waals surface area (Å²) in [7, 11) is 0. The second kappa shape index (κ2) is 9.27. The SMILES string of the molecule is C=C/C=C1/C(=O)OC(=O)/C1=C/C\C=C/C(C(C)=O)=C(\C=C/C)C(C)=O. The lowest BCUT2D eigenvalue weighted by molar-refractivity contribution is -0.149. The average Bonchev–Trinajstić information content (AvgIpc) is 2.79. The van der Waals surface area contributed by atoms with E-state index in [1.54, 1.807) is 25.2 Å². The first kappa shape index (κ1) is 20.0. The molecule has 0 spiro atoms. The standard InChI is InChI=1S/C20H20O5/c1-5-9-15(13(3)21)16(14(4)22)11-7-8-12-18-17(10-6-2)19(23)25-20(18)24/h5-7,9-12H,2,8H2,1,3-4H3/b9-5-,11-7-,16-15-,17-10+,18-12+. The fourth-order valence-corrected chi connectivity index (χ4v) is 2.22. The Kier molecular flexibility index (Phi) is 7.41. The lowest BCUT2D eigenvalue weighted by Crippen LogP contribution is -2.04. The zero-order valence-corrected chi connectivity index (χ0v) is 14.5. The molecule has 1 aliphatic heterocycles. The molecule has 0 bridgehead atoms. The van der Waals surface area contributed by atoms with Gasteiger partial charge in [0.1, 0.15) is 0 Å². The Morgan fingerprint density at radius 2 is 1.56 bits per heavy atom. The Morgan fingerprint density at radius 1 is 1.00 bits per heavy atom. The summed E-state index contributed by atoms with van der Waals surface area (Å²) in [5.74, 6) is -1.88. The topological polar surface area (TPSA) is 77.5 Å². The van der Waals surface area contributed by atoms with E-state index >= 15 is 0 Å². The van der Waals surface area contributed by atoms with Gasteiger partial charge in [0.2, 0.25) is 0 Å². The van der Waals surface area contributed by atoms with Crippen molar-refractivity contribution in [2.75, 3.05) is 0 Å². The maximum Gasteiger partial charge on any atom is 0.346 e. The molecule has 1 heterocycles. The highest BCUT2D eigenvalue weighted by Gasteiger charge is 2.32. The third-order valence-electron chi connectivity index (χ3n) is 3.32. The van der Waals surface area contributed by atoms with Gasteiger partial charge < -0.3 is 4.74 Å². The Labute approximate surface area is 146 Å². The fourth-order valence-electron chi connectivity index (χ4n) is 2.22.